The summed E-state index contributed by atoms with van der Waals surface area (Å²) in [5.41, 5.74) is 3.61. The summed E-state index contributed by atoms with van der Waals surface area (Å²) in [6, 6.07) is 4.14. The van der Waals surface area contributed by atoms with Crippen LogP contribution in [-0.4, -0.2) is 40.5 Å². The maximum Gasteiger partial charge on any atom is 0.309 e. The zero-order valence-corrected chi connectivity index (χ0v) is 33.6. The van der Waals surface area contributed by atoms with Gasteiger partial charge in [0.05, 0.1) is 11.8 Å². The summed E-state index contributed by atoms with van der Waals surface area (Å²) in [7, 11) is 0. The summed E-state index contributed by atoms with van der Waals surface area (Å²) in [4.78, 5) is 43.5. The van der Waals surface area contributed by atoms with Gasteiger partial charge in [-0.05, 0) is 139 Å². The Labute approximate surface area is 312 Å². The number of carbonyl (C=O) groups excluding carboxylic acids is 2. The van der Waals surface area contributed by atoms with E-state index in [1.807, 2.05) is 26.2 Å². The minimum atomic E-state index is -0.814. The molecule has 0 saturated heterocycles. The van der Waals surface area contributed by atoms with Crippen LogP contribution in [-0.2, 0) is 25.7 Å². The lowest BCUT2D eigenvalue weighted by Crippen LogP contribution is -2.66. The van der Waals surface area contributed by atoms with Crippen molar-refractivity contribution < 1.29 is 24.2 Å². The van der Waals surface area contributed by atoms with Crippen molar-refractivity contribution in [1.82, 2.24) is 10.3 Å². The summed E-state index contributed by atoms with van der Waals surface area (Å²) in [6.07, 6.45) is 14.5. The van der Waals surface area contributed by atoms with Gasteiger partial charge in [0.25, 0.3) is 0 Å². The van der Waals surface area contributed by atoms with Gasteiger partial charge in [0, 0.05) is 36.2 Å². The number of carbonyl (C=O) groups is 3. The average molecular weight is 715 g/mol. The first-order chi connectivity index (χ1) is 24.3. The summed E-state index contributed by atoms with van der Waals surface area (Å²) >= 11 is 0. The fourth-order valence-electron chi connectivity index (χ4n) is 14.3. The zero-order valence-electron chi connectivity index (χ0n) is 33.6. The fraction of sp³-hybridized carbons (Fsp3) is 0.778. The second kappa shape index (κ2) is 12.8. The van der Waals surface area contributed by atoms with Gasteiger partial charge >= 0.3 is 11.9 Å². The van der Waals surface area contributed by atoms with E-state index in [4.69, 9.17) is 4.74 Å². The molecule has 0 spiro atoms. The highest BCUT2D eigenvalue weighted by Gasteiger charge is 2.70. The molecule has 52 heavy (non-hydrogen) atoms. The third-order valence-corrected chi connectivity index (χ3v) is 17.5. The number of fused-ring (bicyclic) bond motifs is 7. The molecule has 0 radical (unpaired) electrons. The number of rotatable bonds is 9. The number of pyridine rings is 1. The van der Waals surface area contributed by atoms with E-state index in [0.29, 0.717) is 36.4 Å². The second-order valence-corrected chi connectivity index (χ2v) is 20.5. The Balaban J connectivity index is 1.11. The number of allylic oxidation sites excluding steroid dienone is 2. The van der Waals surface area contributed by atoms with Gasteiger partial charge in [-0.3, -0.25) is 19.4 Å². The van der Waals surface area contributed by atoms with Crippen molar-refractivity contribution in [3.63, 3.8) is 0 Å². The molecule has 5 saturated carbocycles. The number of nitrogens with one attached hydrogen (secondary N) is 1. The van der Waals surface area contributed by atoms with E-state index < -0.39 is 17.3 Å². The lowest BCUT2D eigenvalue weighted by molar-refractivity contribution is -0.236. The van der Waals surface area contributed by atoms with Crippen molar-refractivity contribution >= 4 is 17.7 Å². The van der Waals surface area contributed by atoms with Gasteiger partial charge in [-0.15, -0.1) is 0 Å². The predicted molar refractivity (Wildman–Crippen MR) is 203 cm³/mol. The smallest absolute Gasteiger partial charge is 0.309 e. The number of carboxylic acids is 1. The van der Waals surface area contributed by atoms with Gasteiger partial charge in [0.1, 0.15) is 6.10 Å². The monoisotopic (exact) mass is 714 g/mol. The number of carboxylic acid groups (broad SMARTS) is 1. The Morgan fingerprint density at radius 3 is 2.25 bits per heavy atom. The Kier molecular flexibility index (Phi) is 9.27. The van der Waals surface area contributed by atoms with Crippen molar-refractivity contribution in [3.05, 3.63) is 41.2 Å². The summed E-state index contributed by atoms with van der Waals surface area (Å²) in [5, 5.41) is 13.4. The number of ketones is 1. The Hall–Kier alpha value is -2.54. The van der Waals surface area contributed by atoms with E-state index in [1.165, 1.54) is 30.4 Å². The maximum atomic E-state index is 14.0. The molecule has 1 aromatic heterocycles. The molecule has 7 nitrogen and oxygen atoms in total. The molecular weight excluding hydrogens is 649 g/mol. The molecule has 0 unspecified atom stereocenters. The minimum absolute atomic E-state index is 0.0280. The van der Waals surface area contributed by atoms with Gasteiger partial charge in [0.15, 0.2) is 5.78 Å². The lowest BCUT2D eigenvalue weighted by Gasteiger charge is -2.72. The third kappa shape index (κ3) is 5.42. The molecule has 10 atom stereocenters. The topological polar surface area (TPSA) is 106 Å². The van der Waals surface area contributed by atoms with Crippen LogP contribution in [0.3, 0.4) is 0 Å². The number of nitrogens with zero attached hydrogens (tertiary/aromatic N) is 1. The van der Waals surface area contributed by atoms with Gasteiger partial charge in [0.2, 0.25) is 0 Å². The standard InChI is InChI=1S/C45H66N2O5/c1-27(2)36-32(48)25-45(20-23-47-26-28-14-21-46-22-15-28)19-18-43(8)29(37(36)45)10-11-34-42(7)16-13-35(41(5,6)33(42)12-17-44(34,43)9)52-39(51)31-24-30(38(49)50)40(31,3)4/h14-15,21-22,27,29-31,33-35,47H,10-13,16-20,23-26H2,1-9H3,(H,49,50)/t29-,30+,31-,33+,34-,35+,42+,43-,44-,45-/m1/s1. The zero-order chi connectivity index (χ0) is 37.6. The molecule has 2 N–H and O–H groups in total. The van der Waals surface area contributed by atoms with Gasteiger partial charge in [-0.1, -0.05) is 67.9 Å². The minimum Gasteiger partial charge on any atom is -0.481 e. The fourth-order valence-corrected chi connectivity index (χ4v) is 14.3. The van der Waals surface area contributed by atoms with Crippen LogP contribution in [0.15, 0.2) is 35.7 Å². The predicted octanol–water partition coefficient (Wildman–Crippen LogP) is 9.20. The van der Waals surface area contributed by atoms with E-state index >= 15 is 0 Å². The normalized spacial score (nSPS) is 41.7. The first-order valence-corrected chi connectivity index (χ1v) is 20.6. The van der Waals surface area contributed by atoms with Crippen LogP contribution < -0.4 is 5.32 Å². The highest BCUT2D eigenvalue weighted by Crippen LogP contribution is 2.77. The summed E-state index contributed by atoms with van der Waals surface area (Å²) < 4.78 is 6.43. The molecule has 1 heterocycles. The van der Waals surface area contributed by atoms with Crippen LogP contribution in [0.25, 0.3) is 0 Å². The molecule has 286 valence electrons. The number of ether oxygens (including phenoxy) is 1. The molecule has 0 aliphatic heterocycles. The SMILES string of the molecule is CC(C)C1=C2[C@H]3CC[C@@H]4[C@@]5(C)CC[C@H](OC(=O)[C@H]6C[C@@H](C(=O)O)C6(C)C)C(C)(C)[C@@H]5CC[C@@]4(C)[C@]3(C)CC[C@@]2(CCNCc2ccncc2)CC1=O. The van der Waals surface area contributed by atoms with Crippen molar-refractivity contribution in [1.29, 1.82) is 0 Å². The van der Waals surface area contributed by atoms with E-state index in [2.05, 4.69) is 70.9 Å². The van der Waals surface area contributed by atoms with Crippen LogP contribution in [0.2, 0.25) is 0 Å². The van der Waals surface area contributed by atoms with Crippen LogP contribution >= 0.6 is 0 Å². The van der Waals surface area contributed by atoms with Crippen LogP contribution in [0.5, 0.6) is 0 Å². The van der Waals surface area contributed by atoms with E-state index in [9.17, 15) is 19.5 Å². The molecule has 0 aromatic carbocycles. The number of aromatic nitrogens is 1. The number of hydrogen-bond donors (Lipinski definition) is 2. The van der Waals surface area contributed by atoms with Crippen molar-refractivity contribution in [2.75, 3.05) is 6.54 Å². The first-order valence-electron chi connectivity index (χ1n) is 20.6. The van der Waals surface area contributed by atoms with Gasteiger partial charge in [-0.25, -0.2) is 0 Å². The molecule has 0 amide bonds. The highest BCUT2D eigenvalue weighted by atomic mass is 16.5. The Morgan fingerprint density at radius 2 is 1.60 bits per heavy atom. The molecule has 5 fully saturated rings. The largest absolute Gasteiger partial charge is 0.481 e. The lowest BCUT2D eigenvalue weighted by atomic mass is 9.33. The molecule has 0 bridgehead atoms. The van der Waals surface area contributed by atoms with Crippen molar-refractivity contribution in [3.8, 4) is 0 Å². The second-order valence-electron chi connectivity index (χ2n) is 20.5. The van der Waals surface area contributed by atoms with E-state index in [0.717, 1.165) is 51.6 Å². The first kappa shape index (κ1) is 37.8. The third-order valence-electron chi connectivity index (χ3n) is 17.5. The Bertz CT molecular complexity index is 1630. The number of esters is 1. The summed E-state index contributed by atoms with van der Waals surface area (Å²) in [5.74, 6) is 0.254. The van der Waals surface area contributed by atoms with Crippen molar-refractivity contribution in [2.24, 2.45) is 68.0 Å². The quantitative estimate of drug-likeness (QED) is 0.194. The van der Waals surface area contributed by atoms with Gasteiger partial charge < -0.3 is 15.2 Å². The molecule has 1 aromatic rings. The molecule has 6 aliphatic rings. The van der Waals surface area contributed by atoms with Gasteiger partial charge in [-0.2, -0.15) is 0 Å². The van der Waals surface area contributed by atoms with Crippen LogP contribution in [0.4, 0.5) is 0 Å². The number of hydrogen-bond acceptors (Lipinski definition) is 6. The molecule has 7 heteroatoms. The maximum absolute atomic E-state index is 14.0. The molecule has 7 rings (SSSR count). The van der Waals surface area contributed by atoms with E-state index in [-0.39, 0.29) is 51.0 Å². The molecular formula is C45H66N2O5. The van der Waals surface area contributed by atoms with Crippen molar-refractivity contribution in [2.45, 2.75) is 146 Å². The van der Waals surface area contributed by atoms with Crippen LogP contribution in [0.1, 0.15) is 139 Å². The Morgan fingerprint density at radius 1 is 0.885 bits per heavy atom. The number of Topliss-reactive ketones (excluding diaryl/α,β-unsaturated/α-hetero) is 1. The molecule has 6 aliphatic carbocycles. The average Bonchev–Trinajstić information content (AvgIpc) is 3.37. The van der Waals surface area contributed by atoms with Crippen LogP contribution in [0, 0.1) is 68.0 Å². The highest BCUT2D eigenvalue weighted by molar-refractivity contribution is 6.00. The number of aliphatic carboxylic acids is 1. The summed E-state index contributed by atoms with van der Waals surface area (Å²) in [6.45, 7) is 22.6. The van der Waals surface area contributed by atoms with E-state index in [1.54, 1.807) is 5.57 Å².